The molecule has 0 amide bonds. The fourth-order valence-corrected chi connectivity index (χ4v) is 6.59. The summed E-state index contributed by atoms with van der Waals surface area (Å²) in [5.74, 6) is 0. The zero-order chi connectivity index (χ0) is 15.0. The van der Waals surface area contributed by atoms with Crippen LogP contribution in [0.25, 0.3) is 0 Å². The van der Waals surface area contributed by atoms with Crippen molar-refractivity contribution in [1.82, 2.24) is 9.21 Å². The smallest absolute Gasteiger partial charge is 0.244 e. The van der Waals surface area contributed by atoms with Crippen LogP contribution in [0.2, 0.25) is 0 Å². The van der Waals surface area contributed by atoms with Gasteiger partial charge in [0.1, 0.15) is 4.90 Å². The van der Waals surface area contributed by atoms with Gasteiger partial charge in [0.25, 0.3) is 0 Å². The van der Waals surface area contributed by atoms with Gasteiger partial charge >= 0.3 is 0 Å². The van der Waals surface area contributed by atoms with Crippen molar-refractivity contribution >= 4 is 21.4 Å². The zero-order valence-electron chi connectivity index (χ0n) is 12.3. The average Bonchev–Trinajstić information content (AvgIpc) is 2.99. The summed E-state index contributed by atoms with van der Waals surface area (Å²) in [6, 6.07) is 0.360. The van der Waals surface area contributed by atoms with E-state index in [0.29, 0.717) is 28.9 Å². The Morgan fingerprint density at radius 3 is 2.86 bits per heavy atom. The minimum Gasteiger partial charge on any atom is -0.391 e. The monoisotopic (exact) mass is 330 g/mol. The zero-order valence-corrected chi connectivity index (χ0v) is 13.9. The van der Waals surface area contributed by atoms with E-state index in [-0.39, 0.29) is 6.61 Å². The highest BCUT2D eigenvalue weighted by molar-refractivity contribution is 7.89. The van der Waals surface area contributed by atoms with Crippen LogP contribution >= 0.6 is 11.3 Å². The maximum atomic E-state index is 13.0. The first-order valence-electron chi connectivity index (χ1n) is 7.46. The number of aliphatic hydroxyl groups excluding tert-OH is 1. The number of rotatable bonds is 3. The summed E-state index contributed by atoms with van der Waals surface area (Å²) in [6.45, 7) is 4.85. The molecule has 3 heterocycles. The number of sulfonamides is 1. The van der Waals surface area contributed by atoms with Gasteiger partial charge in [0, 0.05) is 19.1 Å². The van der Waals surface area contributed by atoms with Crippen molar-refractivity contribution in [1.29, 1.82) is 0 Å². The first-order valence-corrected chi connectivity index (χ1v) is 9.78. The second kappa shape index (κ2) is 5.96. The molecule has 1 aromatic heterocycles. The van der Waals surface area contributed by atoms with Crippen molar-refractivity contribution in [3.05, 3.63) is 15.8 Å². The largest absolute Gasteiger partial charge is 0.391 e. The van der Waals surface area contributed by atoms with Gasteiger partial charge < -0.3 is 5.11 Å². The Kier molecular flexibility index (Phi) is 4.38. The molecule has 0 spiro atoms. The molecule has 1 aromatic rings. The van der Waals surface area contributed by atoms with E-state index in [1.807, 2.05) is 12.3 Å². The Morgan fingerprint density at radius 2 is 2.10 bits per heavy atom. The first kappa shape index (κ1) is 15.4. The van der Waals surface area contributed by atoms with Crippen LogP contribution < -0.4 is 0 Å². The number of aryl methyl sites for hydroxylation is 1. The second-order valence-corrected chi connectivity index (χ2v) is 8.72. The van der Waals surface area contributed by atoms with Crippen molar-refractivity contribution in [2.75, 3.05) is 26.2 Å². The lowest BCUT2D eigenvalue weighted by Gasteiger charge is -2.25. The summed E-state index contributed by atoms with van der Waals surface area (Å²) in [5.41, 5.74) is 0.747. The number of hydrogen-bond acceptors (Lipinski definition) is 5. The molecule has 2 saturated heterocycles. The summed E-state index contributed by atoms with van der Waals surface area (Å²) in [4.78, 5) is 3.31. The quantitative estimate of drug-likeness (QED) is 0.910. The number of thiophene rings is 1. The molecule has 2 aliphatic rings. The molecule has 0 aliphatic carbocycles. The minimum atomic E-state index is -3.50. The van der Waals surface area contributed by atoms with Crippen LogP contribution in [-0.4, -0.2) is 55.0 Å². The lowest BCUT2D eigenvalue weighted by atomic mass is 10.2. The van der Waals surface area contributed by atoms with Crippen LogP contribution in [0.1, 0.15) is 29.7 Å². The fourth-order valence-electron chi connectivity index (χ4n) is 3.46. The predicted octanol–water partition coefficient (Wildman–Crippen LogP) is 1.41. The van der Waals surface area contributed by atoms with Gasteiger partial charge in [-0.15, -0.1) is 11.3 Å². The predicted molar refractivity (Wildman–Crippen MR) is 82.9 cm³/mol. The Morgan fingerprint density at radius 1 is 1.33 bits per heavy atom. The van der Waals surface area contributed by atoms with Crippen LogP contribution in [0.15, 0.2) is 10.3 Å². The van der Waals surface area contributed by atoms with Crippen LogP contribution in [-0.2, 0) is 16.6 Å². The molecule has 118 valence electrons. The van der Waals surface area contributed by atoms with E-state index in [1.54, 1.807) is 4.31 Å². The van der Waals surface area contributed by atoms with Gasteiger partial charge in [-0.3, -0.25) is 4.90 Å². The molecule has 5 nitrogen and oxygen atoms in total. The molecule has 7 heteroatoms. The van der Waals surface area contributed by atoms with E-state index >= 15 is 0 Å². The second-order valence-electron chi connectivity index (χ2n) is 5.88. The summed E-state index contributed by atoms with van der Waals surface area (Å²) in [5, 5.41) is 11.2. The van der Waals surface area contributed by atoms with Gasteiger partial charge in [0.05, 0.1) is 11.5 Å². The summed E-state index contributed by atoms with van der Waals surface area (Å²) >= 11 is 1.33. The third-order valence-corrected chi connectivity index (χ3v) is 7.81. The molecule has 1 N–H and O–H groups in total. The number of fused-ring (bicyclic) bond motifs is 1. The normalized spacial score (nSPS) is 25.0. The molecule has 1 unspecified atom stereocenters. The van der Waals surface area contributed by atoms with E-state index in [2.05, 4.69) is 4.90 Å². The number of aliphatic hydroxyl groups is 1. The van der Waals surface area contributed by atoms with Gasteiger partial charge in [0.15, 0.2) is 0 Å². The standard InChI is InChI=1S/C14H22N2O3S2/c1-11-10-20-13(9-17)14(11)21(18,19)16-7-3-6-15-5-2-4-12(15)8-16/h10,12,17H,2-9H2,1H3. The van der Waals surface area contributed by atoms with Gasteiger partial charge in [-0.05, 0) is 50.2 Å². The Balaban J connectivity index is 1.92. The first-order chi connectivity index (χ1) is 10.0. The molecule has 0 bridgehead atoms. The topological polar surface area (TPSA) is 60.9 Å². The van der Waals surface area contributed by atoms with Crippen molar-refractivity contribution in [3.8, 4) is 0 Å². The lowest BCUT2D eigenvalue weighted by molar-refractivity contribution is 0.257. The Labute approximate surface area is 130 Å². The molecule has 21 heavy (non-hydrogen) atoms. The van der Waals surface area contributed by atoms with E-state index in [1.165, 1.54) is 11.3 Å². The van der Waals surface area contributed by atoms with Crippen LogP contribution in [0.5, 0.6) is 0 Å². The summed E-state index contributed by atoms with van der Waals surface area (Å²) in [7, 11) is -3.50. The Hall–Kier alpha value is -0.470. The summed E-state index contributed by atoms with van der Waals surface area (Å²) < 4.78 is 27.6. The molecule has 3 rings (SSSR count). The van der Waals surface area contributed by atoms with Gasteiger partial charge in [-0.2, -0.15) is 4.31 Å². The maximum absolute atomic E-state index is 13.0. The van der Waals surface area contributed by atoms with Crippen molar-refractivity contribution in [2.45, 2.75) is 43.7 Å². The van der Waals surface area contributed by atoms with E-state index < -0.39 is 10.0 Å². The molecular weight excluding hydrogens is 308 g/mol. The van der Waals surface area contributed by atoms with Crippen LogP contribution in [0.3, 0.4) is 0 Å². The highest BCUT2D eigenvalue weighted by atomic mass is 32.2. The van der Waals surface area contributed by atoms with Crippen LogP contribution in [0, 0.1) is 6.92 Å². The SMILES string of the molecule is Cc1csc(CO)c1S(=O)(=O)N1CCCN2CCCC2C1. The molecule has 1 atom stereocenters. The molecule has 0 radical (unpaired) electrons. The molecular formula is C14H22N2O3S2. The third kappa shape index (κ3) is 2.77. The van der Waals surface area contributed by atoms with E-state index in [0.717, 1.165) is 37.9 Å². The number of hydrogen-bond donors (Lipinski definition) is 1. The molecule has 2 aliphatic heterocycles. The lowest BCUT2D eigenvalue weighted by Crippen LogP contribution is -2.39. The van der Waals surface area contributed by atoms with Gasteiger partial charge in [-0.25, -0.2) is 8.42 Å². The van der Waals surface area contributed by atoms with Crippen molar-refractivity contribution < 1.29 is 13.5 Å². The van der Waals surface area contributed by atoms with Crippen LogP contribution in [0.4, 0.5) is 0 Å². The molecule has 0 aromatic carbocycles. The van der Waals surface area contributed by atoms with E-state index in [9.17, 15) is 13.5 Å². The highest BCUT2D eigenvalue weighted by Gasteiger charge is 2.36. The fraction of sp³-hybridized carbons (Fsp3) is 0.714. The average molecular weight is 330 g/mol. The number of nitrogens with zero attached hydrogens (tertiary/aromatic N) is 2. The maximum Gasteiger partial charge on any atom is 0.244 e. The van der Waals surface area contributed by atoms with Crippen molar-refractivity contribution in [2.24, 2.45) is 0 Å². The Bertz CT molecular complexity index is 612. The van der Waals surface area contributed by atoms with Gasteiger partial charge in [0.2, 0.25) is 10.0 Å². The molecule has 0 saturated carbocycles. The van der Waals surface area contributed by atoms with E-state index in [4.69, 9.17) is 0 Å². The highest BCUT2D eigenvalue weighted by Crippen LogP contribution is 2.31. The summed E-state index contributed by atoms with van der Waals surface area (Å²) in [6.07, 6.45) is 3.13. The van der Waals surface area contributed by atoms with Crippen molar-refractivity contribution in [3.63, 3.8) is 0 Å². The third-order valence-electron chi connectivity index (χ3n) is 4.50. The van der Waals surface area contributed by atoms with Gasteiger partial charge in [-0.1, -0.05) is 0 Å². The minimum absolute atomic E-state index is 0.212. The molecule has 2 fully saturated rings.